The predicted octanol–water partition coefficient (Wildman–Crippen LogP) is 2.66. The first-order chi connectivity index (χ1) is 16.5. The number of fused-ring (bicyclic) bond motifs is 1. The number of aromatic hydroxyl groups is 1. The zero-order valence-electron chi connectivity index (χ0n) is 20.1. The first kappa shape index (κ1) is 24.9. The largest absolute Gasteiger partial charge is 0.492 e. The lowest BCUT2D eigenvalue weighted by Crippen LogP contribution is -2.41. The van der Waals surface area contributed by atoms with Crippen LogP contribution in [0.25, 0.3) is 11.7 Å². The number of amides is 2. The minimum absolute atomic E-state index is 0.0479. The third-order valence-electron chi connectivity index (χ3n) is 6.50. The van der Waals surface area contributed by atoms with Crippen molar-refractivity contribution in [1.82, 2.24) is 24.4 Å². The number of piperidine rings is 1. The molecule has 2 aromatic rings. The Morgan fingerprint density at radius 2 is 1.91 bits per heavy atom. The van der Waals surface area contributed by atoms with Crippen LogP contribution in [0.2, 0.25) is 0 Å². The van der Waals surface area contributed by atoms with Gasteiger partial charge in [-0.3, -0.25) is 19.0 Å². The lowest BCUT2D eigenvalue weighted by Gasteiger charge is -2.34. The Kier molecular flexibility index (Phi) is 6.70. The standard InChI is InChI=1S/C24H31F2N5O4/c1-14(2)12-30-22-17(6-7-19(32)29-10-8-15(9-11-29)24(3,25)26)21(34)28-31(22)13-18(23(30)35)20(33)27-16-4-5-16/h6-7,13-16H,4-5,8-12H2,1-3H3,(H,27,33)(H,28,34). The molecule has 9 nitrogen and oxygen atoms in total. The summed E-state index contributed by atoms with van der Waals surface area (Å²) in [6.07, 6.45) is 6.09. The Hall–Kier alpha value is -3.24. The fraction of sp³-hybridized carbons (Fsp3) is 0.583. The molecule has 1 aliphatic carbocycles. The number of rotatable bonds is 7. The second kappa shape index (κ2) is 9.43. The Balaban J connectivity index is 1.64. The molecule has 11 heteroatoms. The number of aromatic nitrogens is 3. The number of nitrogens with one attached hydrogen (secondary N) is 1. The molecule has 4 rings (SSSR count). The molecule has 2 aromatic heterocycles. The van der Waals surface area contributed by atoms with Gasteiger partial charge in [0.15, 0.2) is 0 Å². The molecule has 0 aromatic carbocycles. The number of alkyl halides is 2. The van der Waals surface area contributed by atoms with Gasteiger partial charge in [0, 0.05) is 43.9 Å². The minimum Gasteiger partial charge on any atom is -0.492 e. The fourth-order valence-corrected chi connectivity index (χ4v) is 4.40. The van der Waals surface area contributed by atoms with Crippen molar-refractivity contribution in [3.63, 3.8) is 0 Å². The summed E-state index contributed by atoms with van der Waals surface area (Å²) in [6, 6.07) is 0.0697. The quantitative estimate of drug-likeness (QED) is 0.579. The lowest BCUT2D eigenvalue weighted by atomic mass is 9.91. The average Bonchev–Trinajstić information content (AvgIpc) is 3.54. The van der Waals surface area contributed by atoms with Crippen molar-refractivity contribution in [1.29, 1.82) is 0 Å². The van der Waals surface area contributed by atoms with Crippen LogP contribution in [-0.2, 0) is 11.3 Å². The highest BCUT2D eigenvalue weighted by molar-refractivity contribution is 5.95. The highest BCUT2D eigenvalue weighted by atomic mass is 19.3. The topological polar surface area (TPSA) is 109 Å². The second-order valence-corrected chi connectivity index (χ2v) is 9.99. The van der Waals surface area contributed by atoms with E-state index < -0.39 is 29.2 Å². The molecule has 0 atom stereocenters. The van der Waals surface area contributed by atoms with Crippen LogP contribution in [-0.4, -0.2) is 61.1 Å². The van der Waals surface area contributed by atoms with Gasteiger partial charge >= 0.3 is 0 Å². The van der Waals surface area contributed by atoms with Crippen LogP contribution in [0.15, 0.2) is 17.1 Å². The number of carbonyl (C=O) groups excluding carboxylic acids is 2. The number of halogens is 2. The normalized spacial score (nSPS) is 17.6. The van der Waals surface area contributed by atoms with Gasteiger partial charge in [0.2, 0.25) is 17.7 Å². The van der Waals surface area contributed by atoms with Crippen molar-refractivity contribution >= 4 is 23.5 Å². The Bertz CT molecular complexity index is 1220. The summed E-state index contributed by atoms with van der Waals surface area (Å²) in [6.45, 7) is 5.44. The van der Waals surface area contributed by atoms with E-state index in [1.807, 2.05) is 13.8 Å². The average molecular weight is 492 g/mol. The summed E-state index contributed by atoms with van der Waals surface area (Å²) in [5.74, 6) is -4.74. The summed E-state index contributed by atoms with van der Waals surface area (Å²) in [5.41, 5.74) is -0.152. The van der Waals surface area contributed by atoms with Gasteiger partial charge in [-0.05, 0) is 44.6 Å². The van der Waals surface area contributed by atoms with Gasteiger partial charge in [0.1, 0.15) is 11.2 Å². The molecule has 1 saturated carbocycles. The van der Waals surface area contributed by atoms with Crippen molar-refractivity contribution in [3.8, 4) is 5.88 Å². The van der Waals surface area contributed by atoms with E-state index in [-0.39, 0.29) is 67.1 Å². The van der Waals surface area contributed by atoms with Crippen molar-refractivity contribution in [2.75, 3.05) is 13.1 Å². The van der Waals surface area contributed by atoms with Crippen LogP contribution in [0.1, 0.15) is 62.4 Å². The van der Waals surface area contributed by atoms with Crippen molar-refractivity contribution in [3.05, 3.63) is 33.8 Å². The number of hydrogen-bond donors (Lipinski definition) is 2. The Labute approximate surface area is 201 Å². The molecule has 0 unspecified atom stereocenters. The van der Waals surface area contributed by atoms with Gasteiger partial charge in [0.25, 0.3) is 11.5 Å². The highest BCUT2D eigenvalue weighted by Gasteiger charge is 2.37. The van der Waals surface area contributed by atoms with Gasteiger partial charge in [-0.2, -0.15) is 0 Å². The molecule has 1 saturated heterocycles. The molecular weight excluding hydrogens is 460 g/mol. The second-order valence-electron chi connectivity index (χ2n) is 9.99. The van der Waals surface area contributed by atoms with E-state index in [0.717, 1.165) is 19.8 Å². The van der Waals surface area contributed by atoms with Crippen molar-refractivity contribution in [2.24, 2.45) is 11.8 Å². The molecule has 2 N–H and O–H groups in total. The molecule has 3 heterocycles. The summed E-state index contributed by atoms with van der Waals surface area (Å²) in [4.78, 5) is 40.1. The molecule has 2 aliphatic rings. The maximum atomic E-state index is 13.6. The molecule has 2 fully saturated rings. The van der Waals surface area contributed by atoms with Gasteiger partial charge in [-0.1, -0.05) is 13.8 Å². The zero-order chi connectivity index (χ0) is 25.5. The van der Waals surface area contributed by atoms with Gasteiger partial charge < -0.3 is 15.3 Å². The van der Waals surface area contributed by atoms with E-state index in [0.29, 0.717) is 0 Å². The van der Waals surface area contributed by atoms with Crippen LogP contribution in [0.4, 0.5) is 8.78 Å². The molecule has 0 bridgehead atoms. The minimum atomic E-state index is -2.78. The van der Waals surface area contributed by atoms with Crippen LogP contribution in [0.5, 0.6) is 5.88 Å². The molecule has 0 spiro atoms. The number of carbonyl (C=O) groups is 2. The third-order valence-corrected chi connectivity index (χ3v) is 6.50. The predicted molar refractivity (Wildman–Crippen MR) is 125 cm³/mol. The fourth-order valence-electron chi connectivity index (χ4n) is 4.40. The number of likely N-dealkylation sites (tertiary alicyclic amines) is 1. The van der Waals surface area contributed by atoms with Gasteiger partial charge in [0.05, 0.1) is 5.56 Å². The molecule has 1 aliphatic heterocycles. The first-order valence-corrected chi connectivity index (χ1v) is 12.0. The highest BCUT2D eigenvalue weighted by Crippen LogP contribution is 2.32. The monoisotopic (exact) mass is 491 g/mol. The van der Waals surface area contributed by atoms with E-state index in [9.17, 15) is 28.3 Å². The van der Waals surface area contributed by atoms with Crippen molar-refractivity contribution in [2.45, 2.75) is 65.0 Å². The molecular formula is C24H31F2N5O4. The van der Waals surface area contributed by atoms with Crippen LogP contribution >= 0.6 is 0 Å². The van der Waals surface area contributed by atoms with E-state index in [1.165, 1.54) is 32.3 Å². The Morgan fingerprint density at radius 3 is 2.49 bits per heavy atom. The van der Waals surface area contributed by atoms with Crippen LogP contribution in [0.3, 0.4) is 0 Å². The third kappa shape index (κ3) is 5.38. The summed E-state index contributed by atoms with van der Waals surface area (Å²) >= 11 is 0. The SMILES string of the molecule is CC(C)Cn1c(=O)c(C(=O)NC2CC2)cn2nc(O)c(C=CC(=O)N3CCC(C(C)(F)F)CC3)c12. The first-order valence-electron chi connectivity index (χ1n) is 12.0. The zero-order valence-corrected chi connectivity index (χ0v) is 20.1. The van der Waals surface area contributed by atoms with Gasteiger partial charge in [-0.15, -0.1) is 5.10 Å². The van der Waals surface area contributed by atoms with E-state index in [2.05, 4.69) is 10.4 Å². The lowest BCUT2D eigenvalue weighted by molar-refractivity contribution is -0.130. The van der Waals surface area contributed by atoms with E-state index in [1.54, 1.807) is 0 Å². The molecule has 190 valence electrons. The molecule has 0 radical (unpaired) electrons. The smallest absolute Gasteiger partial charge is 0.266 e. The summed E-state index contributed by atoms with van der Waals surface area (Å²) < 4.78 is 29.8. The number of hydrogen-bond acceptors (Lipinski definition) is 5. The van der Waals surface area contributed by atoms with Crippen molar-refractivity contribution < 1.29 is 23.5 Å². The summed E-state index contributed by atoms with van der Waals surface area (Å²) in [7, 11) is 0. The summed E-state index contributed by atoms with van der Waals surface area (Å²) in [5, 5.41) is 17.4. The van der Waals surface area contributed by atoms with Crippen LogP contribution < -0.4 is 10.9 Å². The number of nitrogens with zero attached hydrogens (tertiary/aromatic N) is 4. The van der Waals surface area contributed by atoms with E-state index >= 15 is 0 Å². The molecule has 35 heavy (non-hydrogen) atoms. The van der Waals surface area contributed by atoms with Gasteiger partial charge in [-0.25, -0.2) is 13.3 Å². The maximum Gasteiger partial charge on any atom is 0.266 e. The van der Waals surface area contributed by atoms with Crippen LogP contribution in [0, 0.1) is 11.8 Å². The Morgan fingerprint density at radius 1 is 1.26 bits per heavy atom. The van der Waals surface area contributed by atoms with E-state index in [4.69, 9.17) is 0 Å². The molecule has 2 amide bonds. The maximum absolute atomic E-state index is 13.6.